The van der Waals surface area contributed by atoms with Crippen molar-refractivity contribution in [2.24, 2.45) is 0 Å². The number of ketones is 2. The highest BCUT2D eigenvalue weighted by Gasteiger charge is 2.14. The maximum absolute atomic E-state index is 11.8. The average Bonchev–Trinajstić information content (AvgIpc) is 2.40. The van der Waals surface area contributed by atoms with Gasteiger partial charge in [0.15, 0.2) is 5.78 Å². The molecule has 0 saturated carbocycles. The molecule has 0 saturated heterocycles. The molecule has 4 heteroatoms. The van der Waals surface area contributed by atoms with Gasteiger partial charge in [0.1, 0.15) is 0 Å². The molecule has 1 aliphatic rings. The minimum Gasteiger partial charge on any atom is -0.322 e. The van der Waals surface area contributed by atoms with E-state index < -0.39 is 0 Å². The largest absolute Gasteiger partial charge is 0.322 e. The number of allylic oxidation sites excluding steroid dienone is 6. The Morgan fingerprint density at radius 2 is 1.86 bits per heavy atom. The zero-order chi connectivity index (χ0) is 15.8. The van der Waals surface area contributed by atoms with Gasteiger partial charge in [-0.3, -0.25) is 14.4 Å². The summed E-state index contributed by atoms with van der Waals surface area (Å²) in [4.78, 5) is 34.4. The molecule has 1 N–H and O–H groups in total. The van der Waals surface area contributed by atoms with Crippen LogP contribution < -0.4 is 5.32 Å². The lowest BCUT2D eigenvalue weighted by Crippen LogP contribution is -2.28. The molecule has 1 amide bonds. The molecule has 4 nitrogen and oxygen atoms in total. The first kappa shape index (κ1) is 16.8. The second kappa shape index (κ2) is 8.15. The third kappa shape index (κ3) is 6.65. The van der Waals surface area contributed by atoms with E-state index in [1.807, 2.05) is 13.0 Å². The van der Waals surface area contributed by atoms with Crippen LogP contribution in [0, 0.1) is 0 Å². The Morgan fingerprint density at radius 3 is 2.52 bits per heavy atom. The maximum atomic E-state index is 11.8. The Morgan fingerprint density at radius 1 is 1.14 bits per heavy atom. The SMILES string of the molecule is CC(C)=CCC/C(C)=C/CC(=O)NC1=CC(=O)C=CC1=O. The summed E-state index contributed by atoms with van der Waals surface area (Å²) in [5, 5.41) is 2.47. The standard InChI is InChI=1S/C17H21NO3/c1-12(2)5-4-6-13(3)7-10-17(21)18-15-11-14(19)8-9-16(15)20/h5,7-9,11H,4,6,10H2,1-3H3,(H,18,21)/b13-7+. The second-order valence-corrected chi connectivity index (χ2v) is 5.28. The molecule has 21 heavy (non-hydrogen) atoms. The first-order valence-corrected chi connectivity index (χ1v) is 6.95. The Balaban J connectivity index is 2.45. The molecule has 0 fully saturated rings. The summed E-state index contributed by atoms with van der Waals surface area (Å²) in [6.45, 7) is 6.08. The highest BCUT2D eigenvalue weighted by Crippen LogP contribution is 2.08. The van der Waals surface area contributed by atoms with Crippen LogP contribution in [0.15, 0.2) is 47.2 Å². The normalized spacial score (nSPS) is 14.8. The number of hydrogen-bond acceptors (Lipinski definition) is 3. The van der Waals surface area contributed by atoms with Gasteiger partial charge in [0.2, 0.25) is 11.7 Å². The van der Waals surface area contributed by atoms with Gasteiger partial charge < -0.3 is 5.32 Å². The summed E-state index contributed by atoms with van der Waals surface area (Å²) in [5.41, 5.74) is 2.45. The van der Waals surface area contributed by atoms with Gasteiger partial charge in [-0.2, -0.15) is 0 Å². The molecule has 0 spiro atoms. The minimum atomic E-state index is -0.354. The molecule has 0 unspecified atom stereocenters. The molecule has 1 rings (SSSR count). The lowest BCUT2D eigenvalue weighted by Gasteiger charge is -2.08. The highest BCUT2D eigenvalue weighted by atomic mass is 16.2. The van der Waals surface area contributed by atoms with Crippen LogP contribution in [0.25, 0.3) is 0 Å². The van der Waals surface area contributed by atoms with Crippen molar-refractivity contribution in [3.05, 3.63) is 47.2 Å². The zero-order valence-electron chi connectivity index (χ0n) is 12.7. The summed E-state index contributed by atoms with van der Waals surface area (Å²) >= 11 is 0. The Bertz CT molecular complexity index is 559. The number of nitrogens with one attached hydrogen (secondary N) is 1. The van der Waals surface area contributed by atoms with Crippen molar-refractivity contribution >= 4 is 17.5 Å². The van der Waals surface area contributed by atoms with Gasteiger partial charge in [0.25, 0.3) is 0 Å². The van der Waals surface area contributed by atoms with Gasteiger partial charge in [0, 0.05) is 12.5 Å². The Hall–Kier alpha value is -2.23. The van der Waals surface area contributed by atoms with Gasteiger partial charge in [-0.1, -0.05) is 23.3 Å². The Kier molecular flexibility index (Phi) is 6.53. The summed E-state index contributed by atoms with van der Waals surface area (Å²) in [6.07, 6.45) is 9.55. The summed E-state index contributed by atoms with van der Waals surface area (Å²) in [7, 11) is 0. The van der Waals surface area contributed by atoms with Crippen molar-refractivity contribution < 1.29 is 14.4 Å². The van der Waals surface area contributed by atoms with Crippen LogP contribution in [0.1, 0.15) is 40.0 Å². The third-order valence-corrected chi connectivity index (χ3v) is 2.95. The lowest BCUT2D eigenvalue weighted by molar-refractivity contribution is -0.121. The fraction of sp³-hybridized carbons (Fsp3) is 0.353. The van der Waals surface area contributed by atoms with Crippen molar-refractivity contribution in [2.45, 2.75) is 40.0 Å². The smallest absolute Gasteiger partial charge is 0.228 e. The van der Waals surface area contributed by atoms with Gasteiger partial charge in [-0.15, -0.1) is 0 Å². The summed E-state index contributed by atoms with van der Waals surface area (Å²) in [5.74, 6) is -0.940. The van der Waals surface area contributed by atoms with Crippen LogP contribution >= 0.6 is 0 Å². The van der Waals surface area contributed by atoms with Gasteiger partial charge in [-0.25, -0.2) is 0 Å². The number of carbonyl (C=O) groups excluding carboxylic acids is 3. The van der Waals surface area contributed by atoms with E-state index in [2.05, 4.69) is 25.2 Å². The summed E-state index contributed by atoms with van der Waals surface area (Å²) < 4.78 is 0. The lowest BCUT2D eigenvalue weighted by atomic mass is 10.1. The first-order valence-electron chi connectivity index (χ1n) is 6.95. The molecular weight excluding hydrogens is 266 g/mol. The highest BCUT2D eigenvalue weighted by molar-refractivity contribution is 6.18. The number of amides is 1. The number of carbonyl (C=O) groups is 3. The van der Waals surface area contributed by atoms with Gasteiger partial charge in [0.05, 0.1) is 5.70 Å². The van der Waals surface area contributed by atoms with Crippen molar-refractivity contribution in [1.29, 1.82) is 0 Å². The molecule has 0 aromatic carbocycles. The van der Waals surface area contributed by atoms with Crippen LogP contribution in [0.4, 0.5) is 0 Å². The number of hydrogen-bond donors (Lipinski definition) is 1. The van der Waals surface area contributed by atoms with Crippen LogP contribution in [0.2, 0.25) is 0 Å². The molecule has 0 heterocycles. The first-order chi connectivity index (χ1) is 9.88. The van der Waals surface area contributed by atoms with E-state index in [0.29, 0.717) is 0 Å². The minimum absolute atomic E-state index is 0.0445. The second-order valence-electron chi connectivity index (χ2n) is 5.28. The molecule has 1 aliphatic carbocycles. The average molecular weight is 287 g/mol. The Labute approximate surface area is 125 Å². The van der Waals surface area contributed by atoms with Gasteiger partial charge >= 0.3 is 0 Å². The van der Waals surface area contributed by atoms with Crippen molar-refractivity contribution in [2.75, 3.05) is 0 Å². The predicted octanol–water partition coefficient (Wildman–Crippen LogP) is 2.78. The van der Waals surface area contributed by atoms with E-state index in [0.717, 1.165) is 24.5 Å². The molecule has 0 atom stereocenters. The molecule has 112 valence electrons. The van der Waals surface area contributed by atoms with E-state index >= 15 is 0 Å². The van der Waals surface area contributed by atoms with Crippen LogP contribution in [0.5, 0.6) is 0 Å². The maximum Gasteiger partial charge on any atom is 0.228 e. The van der Waals surface area contributed by atoms with Crippen molar-refractivity contribution in [3.63, 3.8) is 0 Å². The molecule has 0 aliphatic heterocycles. The van der Waals surface area contributed by atoms with E-state index in [-0.39, 0.29) is 29.6 Å². The zero-order valence-corrected chi connectivity index (χ0v) is 12.7. The van der Waals surface area contributed by atoms with E-state index in [1.165, 1.54) is 17.7 Å². The topological polar surface area (TPSA) is 63.2 Å². The van der Waals surface area contributed by atoms with E-state index in [9.17, 15) is 14.4 Å². The summed E-state index contributed by atoms with van der Waals surface area (Å²) in [6, 6.07) is 0. The molecular formula is C17H21NO3. The quantitative estimate of drug-likeness (QED) is 0.603. The van der Waals surface area contributed by atoms with E-state index in [1.54, 1.807) is 0 Å². The molecule has 0 aromatic rings. The van der Waals surface area contributed by atoms with Gasteiger partial charge in [-0.05, 0) is 45.8 Å². The van der Waals surface area contributed by atoms with Crippen molar-refractivity contribution in [3.8, 4) is 0 Å². The third-order valence-electron chi connectivity index (χ3n) is 2.95. The van der Waals surface area contributed by atoms with Crippen LogP contribution in [-0.2, 0) is 14.4 Å². The fourth-order valence-corrected chi connectivity index (χ4v) is 1.77. The predicted molar refractivity (Wildman–Crippen MR) is 82.4 cm³/mol. The number of rotatable bonds is 6. The molecule has 0 bridgehead atoms. The fourth-order valence-electron chi connectivity index (χ4n) is 1.77. The van der Waals surface area contributed by atoms with Crippen molar-refractivity contribution in [1.82, 2.24) is 5.32 Å². The molecule has 0 radical (unpaired) electrons. The van der Waals surface area contributed by atoms with Crippen LogP contribution in [0.3, 0.4) is 0 Å². The van der Waals surface area contributed by atoms with E-state index in [4.69, 9.17) is 0 Å². The monoisotopic (exact) mass is 287 g/mol. The molecule has 0 aromatic heterocycles. The van der Waals surface area contributed by atoms with Crippen LogP contribution in [-0.4, -0.2) is 17.5 Å².